The Kier molecular flexibility index (Phi) is 7.02. The topological polar surface area (TPSA) is 33.4 Å². The van der Waals surface area contributed by atoms with Gasteiger partial charge in [0.1, 0.15) is 11.9 Å². The van der Waals surface area contributed by atoms with Crippen molar-refractivity contribution in [1.29, 1.82) is 0 Å². The molecular formula is C15H26O2. The predicted octanol–water partition coefficient (Wildman–Crippen LogP) is 4.76. The molecule has 2 heteroatoms. The molecule has 0 saturated carbocycles. The Balaban J connectivity index is 2.05. The number of furan rings is 1. The molecule has 98 valence electrons. The van der Waals surface area contributed by atoms with E-state index in [9.17, 15) is 5.11 Å². The SMILES string of the molecule is CCCCCCCCCC(O)c1occc1C. The molecule has 17 heavy (non-hydrogen) atoms. The third-order valence-electron chi connectivity index (χ3n) is 3.29. The second-order valence-corrected chi connectivity index (χ2v) is 4.89. The lowest BCUT2D eigenvalue weighted by atomic mass is 10.0. The first-order chi connectivity index (χ1) is 8.25. The van der Waals surface area contributed by atoms with Gasteiger partial charge in [0.25, 0.3) is 0 Å². The van der Waals surface area contributed by atoms with Gasteiger partial charge in [-0.1, -0.05) is 51.9 Å². The highest BCUT2D eigenvalue weighted by Crippen LogP contribution is 2.23. The second kappa shape index (κ2) is 8.35. The van der Waals surface area contributed by atoms with Gasteiger partial charge < -0.3 is 9.52 Å². The maximum atomic E-state index is 9.94. The third kappa shape index (κ3) is 5.40. The van der Waals surface area contributed by atoms with Crippen molar-refractivity contribution in [2.24, 2.45) is 0 Å². The smallest absolute Gasteiger partial charge is 0.135 e. The quantitative estimate of drug-likeness (QED) is 0.629. The van der Waals surface area contributed by atoms with E-state index in [1.54, 1.807) is 6.26 Å². The minimum atomic E-state index is -0.416. The molecule has 1 unspecified atom stereocenters. The van der Waals surface area contributed by atoms with Gasteiger partial charge >= 0.3 is 0 Å². The number of aliphatic hydroxyl groups is 1. The fourth-order valence-corrected chi connectivity index (χ4v) is 2.15. The first kappa shape index (κ1) is 14.3. The highest BCUT2D eigenvalue weighted by Gasteiger charge is 2.12. The minimum absolute atomic E-state index is 0.416. The highest BCUT2D eigenvalue weighted by molar-refractivity contribution is 5.16. The van der Waals surface area contributed by atoms with Crippen LogP contribution in [0.15, 0.2) is 16.7 Å². The first-order valence-electron chi connectivity index (χ1n) is 6.97. The Morgan fingerprint density at radius 1 is 1.12 bits per heavy atom. The summed E-state index contributed by atoms with van der Waals surface area (Å²) in [7, 11) is 0. The molecule has 1 N–H and O–H groups in total. The molecular weight excluding hydrogens is 212 g/mol. The molecule has 0 aromatic carbocycles. The van der Waals surface area contributed by atoms with Crippen LogP contribution in [0, 0.1) is 6.92 Å². The van der Waals surface area contributed by atoms with E-state index >= 15 is 0 Å². The fourth-order valence-electron chi connectivity index (χ4n) is 2.15. The van der Waals surface area contributed by atoms with Crippen molar-refractivity contribution in [3.05, 3.63) is 23.7 Å². The van der Waals surface area contributed by atoms with Gasteiger partial charge in [-0.2, -0.15) is 0 Å². The summed E-state index contributed by atoms with van der Waals surface area (Å²) in [4.78, 5) is 0. The average Bonchev–Trinajstić information content (AvgIpc) is 2.74. The van der Waals surface area contributed by atoms with Crippen molar-refractivity contribution >= 4 is 0 Å². The average molecular weight is 238 g/mol. The Morgan fingerprint density at radius 3 is 2.35 bits per heavy atom. The number of hydrogen-bond donors (Lipinski definition) is 1. The van der Waals surface area contributed by atoms with Crippen LogP contribution in [0.2, 0.25) is 0 Å². The summed E-state index contributed by atoms with van der Waals surface area (Å²) < 4.78 is 5.29. The van der Waals surface area contributed by atoms with Crippen LogP contribution in [0.1, 0.15) is 75.7 Å². The van der Waals surface area contributed by atoms with Crippen LogP contribution in [0.3, 0.4) is 0 Å². The van der Waals surface area contributed by atoms with E-state index in [1.807, 2.05) is 13.0 Å². The van der Waals surface area contributed by atoms with Gasteiger partial charge in [0, 0.05) is 0 Å². The van der Waals surface area contributed by atoms with Gasteiger partial charge in [-0.25, -0.2) is 0 Å². The molecule has 1 aromatic heterocycles. The third-order valence-corrected chi connectivity index (χ3v) is 3.29. The lowest BCUT2D eigenvalue weighted by molar-refractivity contribution is 0.136. The number of aliphatic hydroxyl groups excluding tert-OH is 1. The monoisotopic (exact) mass is 238 g/mol. The molecule has 0 aliphatic heterocycles. The number of rotatable bonds is 9. The maximum Gasteiger partial charge on any atom is 0.135 e. The predicted molar refractivity (Wildman–Crippen MR) is 71.0 cm³/mol. The molecule has 0 amide bonds. The van der Waals surface area contributed by atoms with Crippen LogP contribution >= 0.6 is 0 Å². The largest absolute Gasteiger partial charge is 0.466 e. The fraction of sp³-hybridized carbons (Fsp3) is 0.733. The van der Waals surface area contributed by atoms with E-state index in [2.05, 4.69) is 6.92 Å². The molecule has 1 heterocycles. The van der Waals surface area contributed by atoms with Crippen LogP contribution in [0.5, 0.6) is 0 Å². The molecule has 0 aliphatic rings. The van der Waals surface area contributed by atoms with Crippen molar-refractivity contribution < 1.29 is 9.52 Å². The van der Waals surface area contributed by atoms with Crippen molar-refractivity contribution in [2.45, 2.75) is 71.3 Å². The van der Waals surface area contributed by atoms with Crippen molar-refractivity contribution in [3.8, 4) is 0 Å². The molecule has 0 spiro atoms. The summed E-state index contributed by atoms with van der Waals surface area (Å²) in [5.41, 5.74) is 1.06. The summed E-state index contributed by atoms with van der Waals surface area (Å²) in [6.07, 6.45) is 11.0. The molecule has 0 bridgehead atoms. The molecule has 1 rings (SSSR count). The van der Waals surface area contributed by atoms with Gasteiger partial charge in [0.2, 0.25) is 0 Å². The van der Waals surface area contributed by atoms with Crippen molar-refractivity contribution in [3.63, 3.8) is 0 Å². The first-order valence-corrected chi connectivity index (χ1v) is 6.97. The molecule has 1 aromatic rings. The van der Waals surface area contributed by atoms with Gasteiger partial charge in [0.05, 0.1) is 6.26 Å². The number of unbranched alkanes of at least 4 members (excludes halogenated alkanes) is 6. The summed E-state index contributed by atoms with van der Waals surface area (Å²) in [5, 5.41) is 9.94. The molecule has 0 aliphatic carbocycles. The Labute approximate surface area is 105 Å². The van der Waals surface area contributed by atoms with Crippen LogP contribution in [-0.4, -0.2) is 5.11 Å². The van der Waals surface area contributed by atoms with Gasteiger partial charge in [-0.3, -0.25) is 0 Å². The van der Waals surface area contributed by atoms with Crippen LogP contribution < -0.4 is 0 Å². The van der Waals surface area contributed by atoms with Gasteiger partial charge in [-0.15, -0.1) is 0 Å². The zero-order valence-corrected chi connectivity index (χ0v) is 11.2. The lowest BCUT2D eigenvalue weighted by Crippen LogP contribution is -1.97. The number of aryl methyl sites for hydroxylation is 1. The lowest BCUT2D eigenvalue weighted by Gasteiger charge is -2.08. The molecule has 2 nitrogen and oxygen atoms in total. The zero-order chi connectivity index (χ0) is 12.5. The van der Waals surface area contributed by atoms with Crippen LogP contribution in [0.25, 0.3) is 0 Å². The normalized spacial score (nSPS) is 12.9. The summed E-state index contributed by atoms with van der Waals surface area (Å²) in [5.74, 6) is 0.746. The van der Waals surface area contributed by atoms with Crippen LogP contribution in [-0.2, 0) is 0 Å². The second-order valence-electron chi connectivity index (χ2n) is 4.89. The van der Waals surface area contributed by atoms with Crippen molar-refractivity contribution in [1.82, 2.24) is 0 Å². The van der Waals surface area contributed by atoms with E-state index in [1.165, 1.54) is 38.5 Å². The van der Waals surface area contributed by atoms with Gasteiger partial charge in [-0.05, 0) is 25.0 Å². The number of hydrogen-bond acceptors (Lipinski definition) is 2. The van der Waals surface area contributed by atoms with Crippen LogP contribution in [0.4, 0.5) is 0 Å². The zero-order valence-electron chi connectivity index (χ0n) is 11.2. The van der Waals surface area contributed by atoms with Crippen molar-refractivity contribution in [2.75, 3.05) is 0 Å². The molecule has 1 atom stereocenters. The minimum Gasteiger partial charge on any atom is -0.466 e. The van der Waals surface area contributed by atoms with E-state index in [-0.39, 0.29) is 0 Å². The van der Waals surface area contributed by atoms with E-state index in [0.717, 1.165) is 24.2 Å². The standard InChI is InChI=1S/C15H26O2/c1-3-4-5-6-7-8-9-10-14(16)15-13(2)11-12-17-15/h11-12,14,16H,3-10H2,1-2H3. The molecule has 0 saturated heterocycles. The Bertz CT molecular complexity index is 291. The van der Waals surface area contributed by atoms with Gasteiger partial charge in [0.15, 0.2) is 0 Å². The maximum absolute atomic E-state index is 9.94. The van der Waals surface area contributed by atoms with E-state index in [4.69, 9.17) is 4.42 Å². The molecule has 0 radical (unpaired) electrons. The molecule has 0 fully saturated rings. The highest BCUT2D eigenvalue weighted by atomic mass is 16.4. The Morgan fingerprint density at radius 2 is 1.76 bits per heavy atom. The summed E-state index contributed by atoms with van der Waals surface area (Å²) in [6.45, 7) is 4.22. The summed E-state index contributed by atoms with van der Waals surface area (Å²) in [6, 6.07) is 1.91. The Hall–Kier alpha value is -0.760. The summed E-state index contributed by atoms with van der Waals surface area (Å²) >= 11 is 0. The van der Waals surface area contributed by atoms with E-state index < -0.39 is 6.10 Å². The van der Waals surface area contributed by atoms with E-state index in [0.29, 0.717) is 0 Å².